The molecule has 5 aromatic carbocycles. The summed E-state index contributed by atoms with van der Waals surface area (Å²) in [6.45, 7) is 6.86. The van der Waals surface area contributed by atoms with Gasteiger partial charge in [0.25, 0.3) is 11.8 Å². The van der Waals surface area contributed by atoms with Gasteiger partial charge >= 0.3 is 0 Å². The first kappa shape index (κ1) is 33.6. The molecule has 0 bridgehead atoms. The molecule has 0 radical (unpaired) electrons. The van der Waals surface area contributed by atoms with Crippen molar-refractivity contribution >= 4 is 74.6 Å². The van der Waals surface area contributed by atoms with Crippen LogP contribution in [0.4, 0.5) is 11.4 Å². The number of benzene rings is 5. The molecular formula is C42H36N4O4S. The van der Waals surface area contributed by atoms with E-state index in [2.05, 4.69) is 34.3 Å². The maximum absolute atomic E-state index is 13.9. The first-order chi connectivity index (χ1) is 24.7. The monoisotopic (exact) mass is 692 g/mol. The standard InChI is InChI=1S/C42H36N4O4S/c1-4-45-36-16-9-8-15-33(36)34-22-28(18-20-37(34)45)23-35(44-40(48)29-11-6-5-7-12-29)41(49)43-30-13-10-14-32(24-30)51-38-25-39(47)46(42(38)50)31-19-17-26(2)27(3)21-31/h5-24,38H,4,25H2,1-3H3,(H,43,49)(H,44,48)/b35-23-/t38-/m1/s1. The lowest BCUT2D eigenvalue weighted by Crippen LogP contribution is -2.31. The lowest BCUT2D eigenvalue weighted by molar-refractivity contribution is -0.121. The quantitative estimate of drug-likeness (QED) is 0.117. The largest absolute Gasteiger partial charge is 0.341 e. The van der Waals surface area contributed by atoms with Crippen molar-refractivity contribution in [2.75, 3.05) is 10.2 Å². The fraction of sp³-hybridized carbons (Fsp3) is 0.143. The van der Waals surface area contributed by atoms with Crippen molar-refractivity contribution in [1.29, 1.82) is 0 Å². The van der Waals surface area contributed by atoms with E-state index >= 15 is 0 Å². The predicted molar refractivity (Wildman–Crippen MR) is 205 cm³/mol. The molecule has 6 aromatic rings. The van der Waals surface area contributed by atoms with E-state index in [1.54, 1.807) is 54.6 Å². The predicted octanol–water partition coefficient (Wildman–Crippen LogP) is 8.27. The van der Waals surface area contributed by atoms with Crippen LogP contribution in [0.25, 0.3) is 27.9 Å². The van der Waals surface area contributed by atoms with Crippen molar-refractivity contribution in [2.45, 2.75) is 43.9 Å². The number of aromatic nitrogens is 1. The normalized spacial score (nSPS) is 14.8. The highest BCUT2D eigenvalue weighted by Gasteiger charge is 2.40. The molecule has 4 amide bonds. The minimum atomic E-state index is -0.598. The average molecular weight is 693 g/mol. The minimum Gasteiger partial charge on any atom is -0.341 e. The third-order valence-corrected chi connectivity index (χ3v) is 10.4. The third kappa shape index (κ3) is 6.80. The fourth-order valence-corrected chi connectivity index (χ4v) is 7.57. The van der Waals surface area contributed by atoms with Gasteiger partial charge in [0.2, 0.25) is 11.8 Å². The number of carbonyl (C=O) groups is 4. The van der Waals surface area contributed by atoms with Gasteiger partial charge in [-0.25, -0.2) is 4.90 Å². The van der Waals surface area contributed by atoms with Gasteiger partial charge in [-0.2, -0.15) is 0 Å². The molecule has 0 spiro atoms. The molecule has 1 saturated heterocycles. The summed E-state index contributed by atoms with van der Waals surface area (Å²) < 4.78 is 2.25. The van der Waals surface area contributed by atoms with Crippen molar-refractivity contribution < 1.29 is 19.2 Å². The van der Waals surface area contributed by atoms with Gasteiger partial charge in [0, 0.05) is 50.9 Å². The van der Waals surface area contributed by atoms with Gasteiger partial charge in [0.15, 0.2) is 0 Å². The Labute approximate surface area is 300 Å². The third-order valence-electron chi connectivity index (χ3n) is 9.18. The number of aryl methyl sites for hydroxylation is 3. The van der Waals surface area contributed by atoms with Crippen LogP contribution in [0.3, 0.4) is 0 Å². The zero-order valence-corrected chi connectivity index (χ0v) is 29.3. The van der Waals surface area contributed by atoms with Gasteiger partial charge in [-0.05, 0) is 104 Å². The van der Waals surface area contributed by atoms with Crippen molar-refractivity contribution in [2.24, 2.45) is 0 Å². The number of amides is 4. The van der Waals surface area contributed by atoms with Crippen molar-refractivity contribution in [1.82, 2.24) is 9.88 Å². The summed E-state index contributed by atoms with van der Waals surface area (Å²) in [6, 6.07) is 35.7. The number of nitrogens with zero attached hydrogens (tertiary/aromatic N) is 2. The number of hydrogen-bond donors (Lipinski definition) is 2. The fourth-order valence-electron chi connectivity index (χ4n) is 6.45. The van der Waals surface area contributed by atoms with Gasteiger partial charge in [0.1, 0.15) is 5.70 Å². The smallest absolute Gasteiger partial charge is 0.272 e. The van der Waals surface area contributed by atoms with Crippen LogP contribution in [-0.4, -0.2) is 33.4 Å². The first-order valence-corrected chi connectivity index (χ1v) is 17.7. The number of rotatable bonds is 9. The SMILES string of the molecule is CCn1c2ccccc2c2cc(/C=C(\NC(=O)c3ccccc3)C(=O)Nc3cccc(S[C@@H]4CC(=O)N(c5ccc(C)c(C)c5)C4=O)c3)ccc21. The van der Waals surface area contributed by atoms with E-state index in [-0.39, 0.29) is 23.9 Å². The number of thioether (sulfide) groups is 1. The molecule has 0 unspecified atom stereocenters. The summed E-state index contributed by atoms with van der Waals surface area (Å²) in [5.41, 5.74) is 6.60. The maximum Gasteiger partial charge on any atom is 0.272 e. The summed E-state index contributed by atoms with van der Waals surface area (Å²) in [4.78, 5) is 55.5. The van der Waals surface area contributed by atoms with Crippen LogP contribution in [-0.2, 0) is 20.9 Å². The Morgan fingerprint density at radius 2 is 1.57 bits per heavy atom. The zero-order chi connectivity index (χ0) is 35.6. The number of nitrogens with one attached hydrogen (secondary N) is 2. The Morgan fingerprint density at radius 1 is 0.804 bits per heavy atom. The van der Waals surface area contributed by atoms with E-state index in [9.17, 15) is 19.2 Å². The van der Waals surface area contributed by atoms with Crippen LogP contribution < -0.4 is 15.5 Å². The molecule has 1 fully saturated rings. The Kier molecular flexibility index (Phi) is 9.30. The molecular weight excluding hydrogens is 657 g/mol. The molecule has 254 valence electrons. The minimum absolute atomic E-state index is 0.0705. The van der Waals surface area contributed by atoms with E-state index in [4.69, 9.17) is 0 Å². The number of imide groups is 1. The molecule has 9 heteroatoms. The molecule has 1 aliphatic heterocycles. The van der Waals surface area contributed by atoms with Gasteiger partial charge in [-0.1, -0.05) is 54.6 Å². The lowest BCUT2D eigenvalue weighted by atomic mass is 10.1. The molecule has 1 aromatic heterocycles. The highest BCUT2D eigenvalue weighted by molar-refractivity contribution is 8.00. The van der Waals surface area contributed by atoms with Crippen molar-refractivity contribution in [3.05, 3.63) is 143 Å². The highest BCUT2D eigenvalue weighted by Crippen LogP contribution is 2.36. The van der Waals surface area contributed by atoms with Gasteiger partial charge in [-0.15, -0.1) is 11.8 Å². The van der Waals surface area contributed by atoms with Crippen LogP contribution >= 0.6 is 11.8 Å². The molecule has 1 atom stereocenters. The Hall–Kier alpha value is -5.93. The molecule has 8 nitrogen and oxygen atoms in total. The van der Waals surface area contributed by atoms with Crippen LogP contribution in [0.15, 0.2) is 126 Å². The van der Waals surface area contributed by atoms with Crippen LogP contribution in [0.2, 0.25) is 0 Å². The van der Waals surface area contributed by atoms with Crippen LogP contribution in [0.1, 0.15) is 40.4 Å². The summed E-state index contributed by atoms with van der Waals surface area (Å²) in [6.07, 6.45) is 1.75. The second-order valence-electron chi connectivity index (χ2n) is 12.5. The van der Waals surface area contributed by atoms with E-state index in [0.29, 0.717) is 16.9 Å². The molecule has 51 heavy (non-hydrogen) atoms. The Balaban J connectivity index is 1.15. The van der Waals surface area contributed by atoms with Crippen molar-refractivity contribution in [3.63, 3.8) is 0 Å². The number of fused-ring (bicyclic) bond motifs is 3. The van der Waals surface area contributed by atoms with E-state index in [0.717, 1.165) is 49.9 Å². The number of anilines is 2. The molecule has 1 aliphatic rings. The number of para-hydroxylation sites is 1. The van der Waals surface area contributed by atoms with E-state index in [1.807, 2.05) is 68.4 Å². The van der Waals surface area contributed by atoms with E-state index in [1.165, 1.54) is 16.7 Å². The molecule has 7 rings (SSSR count). The van der Waals surface area contributed by atoms with Gasteiger partial charge < -0.3 is 15.2 Å². The zero-order valence-electron chi connectivity index (χ0n) is 28.5. The number of hydrogen-bond acceptors (Lipinski definition) is 5. The summed E-state index contributed by atoms with van der Waals surface area (Å²) in [5.74, 6) is -1.43. The second kappa shape index (κ2) is 14.1. The summed E-state index contributed by atoms with van der Waals surface area (Å²) >= 11 is 1.29. The topological polar surface area (TPSA) is 101 Å². The second-order valence-corrected chi connectivity index (χ2v) is 13.8. The molecule has 2 N–H and O–H groups in total. The van der Waals surface area contributed by atoms with Crippen LogP contribution in [0, 0.1) is 13.8 Å². The van der Waals surface area contributed by atoms with Gasteiger partial charge in [-0.3, -0.25) is 19.2 Å². The van der Waals surface area contributed by atoms with Gasteiger partial charge in [0.05, 0.1) is 10.9 Å². The highest BCUT2D eigenvalue weighted by atomic mass is 32.2. The van der Waals surface area contributed by atoms with E-state index < -0.39 is 17.1 Å². The molecule has 0 aliphatic carbocycles. The first-order valence-electron chi connectivity index (χ1n) is 16.8. The summed E-state index contributed by atoms with van der Waals surface area (Å²) in [7, 11) is 0. The van der Waals surface area contributed by atoms with Crippen LogP contribution in [0.5, 0.6) is 0 Å². The maximum atomic E-state index is 13.9. The molecule has 0 saturated carbocycles. The van der Waals surface area contributed by atoms with Crippen molar-refractivity contribution in [3.8, 4) is 0 Å². The molecule has 2 heterocycles. The Bertz CT molecular complexity index is 2380. The Morgan fingerprint density at radius 3 is 2.35 bits per heavy atom. The average Bonchev–Trinajstić information content (AvgIpc) is 3.60. The lowest BCUT2D eigenvalue weighted by Gasteiger charge is -2.16. The summed E-state index contributed by atoms with van der Waals surface area (Å²) in [5, 5.41) is 7.32. The number of carbonyl (C=O) groups excluding carboxylic acids is 4.